The van der Waals surface area contributed by atoms with E-state index in [9.17, 15) is 8.42 Å². The first-order chi connectivity index (χ1) is 9.00. The fraction of sp³-hybridized carbons (Fsp3) is 0.429. The number of rotatable bonds is 2. The van der Waals surface area contributed by atoms with Crippen LogP contribution in [0.15, 0.2) is 18.2 Å². The summed E-state index contributed by atoms with van der Waals surface area (Å²) in [6.45, 7) is 2.27. The molecule has 1 aliphatic rings. The average molecular weight is 279 g/mol. The second-order valence-corrected chi connectivity index (χ2v) is 6.85. The van der Waals surface area contributed by atoms with Gasteiger partial charge in [0.2, 0.25) is 0 Å². The third-order valence-electron chi connectivity index (χ3n) is 3.02. The molecule has 2 rings (SSSR count). The highest BCUT2D eigenvalue weighted by atomic mass is 32.2. The molecule has 0 saturated carbocycles. The lowest BCUT2D eigenvalue weighted by molar-refractivity contribution is 0.229. The van der Waals surface area contributed by atoms with Crippen molar-refractivity contribution in [2.24, 2.45) is 5.73 Å². The number of benzene rings is 1. The van der Waals surface area contributed by atoms with Crippen LogP contribution >= 0.6 is 0 Å². The number of hydrogen-bond acceptors (Lipinski definition) is 4. The van der Waals surface area contributed by atoms with Crippen LogP contribution in [0.2, 0.25) is 0 Å². The predicted octanol–water partition coefficient (Wildman–Crippen LogP) is 0.871. The van der Waals surface area contributed by atoms with E-state index in [1.165, 1.54) is 0 Å². The van der Waals surface area contributed by atoms with Gasteiger partial charge >= 0.3 is 0 Å². The van der Waals surface area contributed by atoms with Crippen molar-refractivity contribution in [1.29, 1.82) is 0 Å². The van der Waals surface area contributed by atoms with E-state index in [1.54, 1.807) is 0 Å². The highest BCUT2D eigenvalue weighted by molar-refractivity contribution is 7.91. The van der Waals surface area contributed by atoms with Crippen LogP contribution in [0.3, 0.4) is 0 Å². The Hall–Kier alpha value is -1.51. The minimum absolute atomic E-state index is 0.112. The van der Waals surface area contributed by atoms with E-state index in [1.807, 2.05) is 25.1 Å². The third-order valence-corrected chi connectivity index (χ3v) is 4.75. The van der Waals surface area contributed by atoms with Crippen LogP contribution < -0.4 is 10.5 Å². The van der Waals surface area contributed by atoms with Crippen molar-refractivity contribution >= 4 is 9.84 Å². The molecule has 5 heteroatoms. The molecule has 0 spiro atoms. The summed E-state index contributed by atoms with van der Waals surface area (Å²) in [5.74, 6) is 6.81. The molecule has 1 aromatic carbocycles. The molecule has 1 aliphatic heterocycles. The molecule has 1 atom stereocenters. The summed E-state index contributed by atoms with van der Waals surface area (Å²) in [6, 6.07) is 5.57. The molecular formula is C14H17NO3S. The number of hydrogen-bond donors (Lipinski definition) is 1. The van der Waals surface area contributed by atoms with Crippen LogP contribution in [0, 0.1) is 18.8 Å². The fourth-order valence-corrected chi connectivity index (χ4v) is 3.63. The Bertz CT molecular complexity index is 626. The van der Waals surface area contributed by atoms with E-state index in [4.69, 9.17) is 10.5 Å². The first-order valence-electron chi connectivity index (χ1n) is 6.17. The van der Waals surface area contributed by atoms with Crippen molar-refractivity contribution in [1.82, 2.24) is 0 Å². The maximum Gasteiger partial charge on any atom is 0.154 e. The summed E-state index contributed by atoms with van der Waals surface area (Å²) in [5, 5.41) is 0. The highest BCUT2D eigenvalue weighted by Gasteiger charge is 2.29. The summed E-state index contributed by atoms with van der Waals surface area (Å²) in [7, 11) is -2.91. The zero-order chi connectivity index (χ0) is 13.9. The summed E-state index contributed by atoms with van der Waals surface area (Å²) in [5.41, 5.74) is 7.25. The van der Waals surface area contributed by atoms with Crippen LogP contribution in [-0.4, -0.2) is 32.6 Å². The quantitative estimate of drug-likeness (QED) is 0.816. The van der Waals surface area contributed by atoms with Gasteiger partial charge < -0.3 is 10.5 Å². The van der Waals surface area contributed by atoms with Gasteiger partial charge in [-0.1, -0.05) is 11.8 Å². The van der Waals surface area contributed by atoms with Gasteiger partial charge in [0.15, 0.2) is 9.84 Å². The summed E-state index contributed by atoms with van der Waals surface area (Å²) >= 11 is 0. The smallest absolute Gasteiger partial charge is 0.154 e. The van der Waals surface area contributed by atoms with Crippen LogP contribution in [-0.2, 0) is 9.84 Å². The predicted molar refractivity (Wildman–Crippen MR) is 74.8 cm³/mol. The fourth-order valence-electron chi connectivity index (χ4n) is 2.04. The van der Waals surface area contributed by atoms with Gasteiger partial charge in [0, 0.05) is 5.56 Å². The number of sulfone groups is 1. The number of nitrogens with two attached hydrogens (primary N) is 1. The first-order valence-corrected chi connectivity index (χ1v) is 7.99. The SMILES string of the molecule is Cc1cc(OC2CCS(=O)(=O)C2)ccc1C#CCN. The molecule has 1 fully saturated rings. The number of ether oxygens (including phenoxy) is 1. The lowest BCUT2D eigenvalue weighted by atomic mass is 10.1. The van der Waals surface area contributed by atoms with Gasteiger partial charge in [-0.25, -0.2) is 8.42 Å². The van der Waals surface area contributed by atoms with E-state index in [-0.39, 0.29) is 17.6 Å². The Morgan fingerprint density at radius 3 is 2.84 bits per heavy atom. The topological polar surface area (TPSA) is 69.4 Å². The van der Waals surface area contributed by atoms with Crippen LogP contribution in [0.25, 0.3) is 0 Å². The second-order valence-electron chi connectivity index (χ2n) is 4.63. The van der Waals surface area contributed by atoms with Crippen molar-refractivity contribution in [2.75, 3.05) is 18.1 Å². The van der Waals surface area contributed by atoms with E-state index < -0.39 is 9.84 Å². The van der Waals surface area contributed by atoms with E-state index >= 15 is 0 Å². The number of aryl methyl sites for hydroxylation is 1. The third kappa shape index (κ3) is 3.72. The highest BCUT2D eigenvalue weighted by Crippen LogP contribution is 2.22. The molecule has 1 unspecified atom stereocenters. The zero-order valence-electron chi connectivity index (χ0n) is 10.8. The average Bonchev–Trinajstić information content (AvgIpc) is 2.68. The molecule has 4 nitrogen and oxygen atoms in total. The molecule has 0 bridgehead atoms. The van der Waals surface area contributed by atoms with Crippen molar-refractivity contribution in [2.45, 2.75) is 19.4 Å². The van der Waals surface area contributed by atoms with Gasteiger partial charge in [-0.15, -0.1) is 0 Å². The Kier molecular flexibility index (Phi) is 4.13. The van der Waals surface area contributed by atoms with Gasteiger partial charge in [-0.3, -0.25) is 0 Å². The standard InChI is InChI=1S/C14H17NO3S/c1-11-9-13(5-4-12(11)3-2-7-15)18-14-6-8-19(16,17)10-14/h4-5,9,14H,6-8,10,15H2,1H3. The Morgan fingerprint density at radius 1 is 1.47 bits per heavy atom. The van der Waals surface area contributed by atoms with Gasteiger partial charge in [-0.2, -0.15) is 0 Å². The van der Waals surface area contributed by atoms with E-state index in [0.717, 1.165) is 11.1 Å². The van der Waals surface area contributed by atoms with Crippen molar-refractivity contribution < 1.29 is 13.2 Å². The summed E-state index contributed by atoms with van der Waals surface area (Å²) in [6.07, 6.45) is 0.334. The van der Waals surface area contributed by atoms with Crippen LogP contribution in [0.4, 0.5) is 0 Å². The molecule has 0 aliphatic carbocycles. The molecule has 2 N–H and O–H groups in total. The van der Waals surface area contributed by atoms with E-state index in [2.05, 4.69) is 11.8 Å². The lowest BCUT2D eigenvalue weighted by Gasteiger charge is -2.12. The Balaban J connectivity index is 2.09. The molecule has 1 saturated heterocycles. The normalized spacial score (nSPS) is 20.6. The van der Waals surface area contributed by atoms with Crippen molar-refractivity contribution in [3.05, 3.63) is 29.3 Å². The summed E-state index contributed by atoms with van der Waals surface area (Å²) in [4.78, 5) is 0. The molecule has 1 heterocycles. The maximum absolute atomic E-state index is 11.4. The minimum Gasteiger partial charge on any atom is -0.489 e. The molecule has 0 amide bonds. The van der Waals surface area contributed by atoms with Crippen LogP contribution in [0.5, 0.6) is 5.75 Å². The Morgan fingerprint density at radius 2 is 2.26 bits per heavy atom. The zero-order valence-corrected chi connectivity index (χ0v) is 11.7. The maximum atomic E-state index is 11.4. The molecule has 0 aromatic heterocycles. The molecule has 19 heavy (non-hydrogen) atoms. The second kappa shape index (κ2) is 5.64. The Labute approximate surface area is 113 Å². The molecule has 102 valence electrons. The largest absolute Gasteiger partial charge is 0.489 e. The summed E-state index contributed by atoms with van der Waals surface area (Å²) < 4.78 is 28.4. The lowest BCUT2D eigenvalue weighted by Crippen LogP contribution is -2.17. The van der Waals surface area contributed by atoms with Gasteiger partial charge in [0.25, 0.3) is 0 Å². The van der Waals surface area contributed by atoms with Gasteiger partial charge in [0.05, 0.1) is 18.1 Å². The first kappa shape index (κ1) is 13.9. The van der Waals surface area contributed by atoms with E-state index in [0.29, 0.717) is 18.7 Å². The van der Waals surface area contributed by atoms with Gasteiger partial charge in [0.1, 0.15) is 11.9 Å². The molecular weight excluding hydrogens is 262 g/mol. The minimum atomic E-state index is -2.91. The monoisotopic (exact) mass is 279 g/mol. The van der Waals surface area contributed by atoms with Gasteiger partial charge in [-0.05, 0) is 37.1 Å². The van der Waals surface area contributed by atoms with Crippen molar-refractivity contribution in [3.63, 3.8) is 0 Å². The van der Waals surface area contributed by atoms with Crippen LogP contribution in [0.1, 0.15) is 17.5 Å². The molecule has 0 radical (unpaired) electrons. The molecule has 1 aromatic rings. The van der Waals surface area contributed by atoms with Crippen molar-refractivity contribution in [3.8, 4) is 17.6 Å².